The van der Waals surface area contributed by atoms with Crippen molar-refractivity contribution in [1.82, 2.24) is 0 Å². The molecule has 0 bridgehead atoms. The number of ketones is 1. The molecule has 0 unspecified atom stereocenters. The van der Waals surface area contributed by atoms with Gasteiger partial charge in [0, 0.05) is 6.92 Å². The van der Waals surface area contributed by atoms with Crippen LogP contribution in [0.15, 0.2) is 76.3 Å². The van der Waals surface area contributed by atoms with E-state index in [1.54, 1.807) is 18.2 Å². The molecule has 5 heteroatoms. The highest BCUT2D eigenvalue weighted by atomic mass is 16.5. The number of azo groups is 1. The zero-order valence-electron chi connectivity index (χ0n) is 12.4. The summed E-state index contributed by atoms with van der Waals surface area (Å²) in [4.78, 5) is 11.4. The highest BCUT2D eigenvalue weighted by molar-refractivity contribution is 5.93. The van der Waals surface area contributed by atoms with Crippen molar-refractivity contribution in [3.05, 3.63) is 66.1 Å². The molecular formula is C17H16N2O3. The third-order valence-corrected chi connectivity index (χ3v) is 2.77. The van der Waals surface area contributed by atoms with Gasteiger partial charge in [-0.3, -0.25) is 4.79 Å². The molecule has 0 saturated carbocycles. The zero-order chi connectivity index (χ0) is 15.9. The van der Waals surface area contributed by atoms with Gasteiger partial charge in [-0.2, -0.15) is 0 Å². The number of Topliss-reactive ketones (excluding diaryl/α,β-unsaturated/α-hetero) is 1. The van der Waals surface area contributed by atoms with E-state index in [1.807, 2.05) is 36.4 Å². The molecule has 112 valence electrons. The van der Waals surface area contributed by atoms with Crippen LogP contribution in [-0.2, 0) is 4.79 Å². The van der Waals surface area contributed by atoms with E-state index in [-0.39, 0.29) is 17.2 Å². The van der Waals surface area contributed by atoms with Crippen molar-refractivity contribution in [2.75, 3.05) is 0 Å². The van der Waals surface area contributed by atoms with Crippen LogP contribution in [0.1, 0.15) is 13.8 Å². The van der Waals surface area contributed by atoms with E-state index in [1.165, 1.54) is 13.8 Å². The largest absolute Gasteiger partial charge is 0.510 e. The van der Waals surface area contributed by atoms with Gasteiger partial charge in [-0.05, 0) is 31.2 Å². The Labute approximate surface area is 128 Å². The van der Waals surface area contributed by atoms with E-state index >= 15 is 0 Å². The van der Waals surface area contributed by atoms with Gasteiger partial charge in [-0.15, -0.1) is 10.2 Å². The van der Waals surface area contributed by atoms with Crippen molar-refractivity contribution in [3.63, 3.8) is 0 Å². The van der Waals surface area contributed by atoms with Crippen molar-refractivity contribution < 1.29 is 14.6 Å². The number of carbonyl (C=O) groups excluding carboxylic acids is 1. The van der Waals surface area contributed by atoms with Crippen LogP contribution in [0, 0.1) is 0 Å². The Morgan fingerprint density at radius 1 is 1.00 bits per heavy atom. The number of para-hydroxylation sites is 2. The Morgan fingerprint density at radius 2 is 1.64 bits per heavy atom. The first-order chi connectivity index (χ1) is 10.6. The highest BCUT2D eigenvalue weighted by Crippen LogP contribution is 2.32. The van der Waals surface area contributed by atoms with Crippen LogP contribution in [0.3, 0.4) is 0 Å². The standard InChI is InChI=1S/C17H16N2O3/c1-12(20)17(13(2)21)19-18-15-10-6-7-11-16(15)22-14-8-4-3-5-9-14/h3-11,20H,1-2H3. The number of nitrogens with zero attached hydrogens (tertiary/aromatic N) is 2. The van der Waals surface area contributed by atoms with Gasteiger partial charge in [-0.25, -0.2) is 0 Å². The Balaban J connectivity index is 2.29. The summed E-state index contributed by atoms with van der Waals surface area (Å²) in [5.74, 6) is 0.657. The molecular weight excluding hydrogens is 280 g/mol. The molecule has 2 rings (SSSR count). The number of hydrogen-bond acceptors (Lipinski definition) is 5. The normalized spacial score (nSPS) is 12.1. The molecule has 2 aromatic carbocycles. The lowest BCUT2D eigenvalue weighted by Crippen LogP contribution is -1.96. The van der Waals surface area contributed by atoms with Crippen molar-refractivity contribution >= 4 is 11.5 Å². The van der Waals surface area contributed by atoms with Gasteiger partial charge in [0.05, 0.1) is 0 Å². The molecule has 0 aromatic heterocycles. The van der Waals surface area contributed by atoms with Gasteiger partial charge < -0.3 is 9.84 Å². The summed E-state index contributed by atoms with van der Waals surface area (Å²) in [6.45, 7) is 2.71. The average molecular weight is 296 g/mol. The maximum Gasteiger partial charge on any atom is 0.183 e. The molecule has 2 aromatic rings. The lowest BCUT2D eigenvalue weighted by atomic mass is 10.3. The van der Waals surface area contributed by atoms with Crippen LogP contribution < -0.4 is 4.74 Å². The molecule has 0 radical (unpaired) electrons. The Morgan fingerprint density at radius 3 is 2.27 bits per heavy atom. The van der Waals surface area contributed by atoms with E-state index in [2.05, 4.69) is 10.2 Å². The second-order valence-electron chi connectivity index (χ2n) is 4.57. The predicted molar refractivity (Wildman–Crippen MR) is 83.5 cm³/mol. The second kappa shape index (κ2) is 7.17. The quantitative estimate of drug-likeness (QED) is 0.482. The van der Waals surface area contributed by atoms with Gasteiger partial charge in [0.25, 0.3) is 0 Å². The van der Waals surface area contributed by atoms with Crippen molar-refractivity contribution in [1.29, 1.82) is 0 Å². The first kappa shape index (κ1) is 15.4. The van der Waals surface area contributed by atoms with E-state index < -0.39 is 0 Å². The van der Waals surface area contributed by atoms with Crippen LogP contribution in [0.25, 0.3) is 0 Å². The summed E-state index contributed by atoms with van der Waals surface area (Å²) >= 11 is 0. The van der Waals surface area contributed by atoms with E-state index in [9.17, 15) is 9.90 Å². The Bertz CT molecular complexity index is 718. The molecule has 22 heavy (non-hydrogen) atoms. The van der Waals surface area contributed by atoms with Crippen LogP contribution in [0.5, 0.6) is 11.5 Å². The topological polar surface area (TPSA) is 71.2 Å². The summed E-state index contributed by atoms with van der Waals surface area (Å²) < 4.78 is 5.75. The zero-order valence-corrected chi connectivity index (χ0v) is 12.4. The van der Waals surface area contributed by atoms with Crippen molar-refractivity contribution in [2.24, 2.45) is 10.2 Å². The fraction of sp³-hybridized carbons (Fsp3) is 0.118. The minimum absolute atomic E-state index is 0.0745. The monoisotopic (exact) mass is 296 g/mol. The van der Waals surface area contributed by atoms with Gasteiger partial charge in [-0.1, -0.05) is 30.3 Å². The molecule has 0 atom stereocenters. The maximum atomic E-state index is 11.4. The fourth-order valence-electron chi connectivity index (χ4n) is 1.74. The molecule has 1 N–H and O–H groups in total. The summed E-state index contributed by atoms with van der Waals surface area (Å²) in [5.41, 5.74) is 0.390. The minimum Gasteiger partial charge on any atom is -0.510 e. The lowest BCUT2D eigenvalue weighted by Gasteiger charge is -2.07. The first-order valence-corrected chi connectivity index (χ1v) is 6.72. The first-order valence-electron chi connectivity index (χ1n) is 6.72. The number of aliphatic hydroxyl groups is 1. The van der Waals surface area contributed by atoms with Gasteiger partial charge in [0.1, 0.15) is 17.2 Å². The third kappa shape index (κ3) is 4.02. The summed E-state index contributed by atoms with van der Waals surface area (Å²) in [6, 6.07) is 16.4. The second-order valence-corrected chi connectivity index (χ2v) is 4.57. The molecule has 0 heterocycles. The van der Waals surface area contributed by atoms with E-state index in [0.717, 1.165) is 0 Å². The Hall–Kier alpha value is -2.95. The average Bonchev–Trinajstić information content (AvgIpc) is 2.49. The van der Waals surface area contributed by atoms with Crippen LogP contribution in [0.2, 0.25) is 0 Å². The fourth-order valence-corrected chi connectivity index (χ4v) is 1.74. The van der Waals surface area contributed by atoms with Gasteiger partial charge >= 0.3 is 0 Å². The third-order valence-electron chi connectivity index (χ3n) is 2.77. The van der Waals surface area contributed by atoms with E-state index in [4.69, 9.17) is 4.74 Å². The number of allylic oxidation sites excluding steroid dienone is 2. The van der Waals surface area contributed by atoms with Crippen LogP contribution in [0.4, 0.5) is 5.69 Å². The number of carbonyl (C=O) groups is 1. The molecule has 0 saturated heterocycles. The summed E-state index contributed by atoms with van der Waals surface area (Å²) in [6.07, 6.45) is 0. The molecule has 0 aliphatic heterocycles. The summed E-state index contributed by atoms with van der Waals surface area (Å²) in [7, 11) is 0. The number of rotatable bonds is 5. The number of benzene rings is 2. The Kier molecular flexibility index (Phi) is 5.03. The molecule has 0 aliphatic rings. The molecule has 0 aliphatic carbocycles. The SMILES string of the molecule is CC(=O)C(N=Nc1ccccc1Oc1ccccc1)=C(C)O. The number of ether oxygens (including phenoxy) is 1. The van der Waals surface area contributed by atoms with Gasteiger partial charge in [0.2, 0.25) is 0 Å². The lowest BCUT2D eigenvalue weighted by molar-refractivity contribution is -0.113. The van der Waals surface area contributed by atoms with Crippen LogP contribution in [-0.4, -0.2) is 10.9 Å². The van der Waals surface area contributed by atoms with E-state index in [0.29, 0.717) is 17.2 Å². The molecule has 0 amide bonds. The number of aliphatic hydroxyl groups excluding tert-OH is 1. The minimum atomic E-state index is -0.356. The highest BCUT2D eigenvalue weighted by Gasteiger charge is 2.08. The maximum absolute atomic E-state index is 11.4. The smallest absolute Gasteiger partial charge is 0.183 e. The predicted octanol–water partition coefficient (Wildman–Crippen LogP) is 4.94. The van der Waals surface area contributed by atoms with Crippen LogP contribution >= 0.6 is 0 Å². The van der Waals surface area contributed by atoms with Crippen molar-refractivity contribution in [2.45, 2.75) is 13.8 Å². The summed E-state index contributed by atoms with van der Waals surface area (Å²) in [5, 5.41) is 17.3. The molecule has 5 nitrogen and oxygen atoms in total. The van der Waals surface area contributed by atoms with Gasteiger partial charge in [0.15, 0.2) is 17.2 Å². The van der Waals surface area contributed by atoms with Crippen molar-refractivity contribution in [3.8, 4) is 11.5 Å². The number of hydrogen-bond donors (Lipinski definition) is 1. The molecule has 0 fully saturated rings. The molecule has 0 spiro atoms.